The third-order valence-electron chi connectivity index (χ3n) is 5.05. The van der Waals surface area contributed by atoms with Gasteiger partial charge < -0.3 is 4.74 Å². The maximum Gasteiger partial charge on any atom is 0.416 e. The molecule has 0 atom stereocenters. The Morgan fingerprint density at radius 1 is 1.07 bits per heavy atom. The van der Waals surface area contributed by atoms with E-state index in [-0.39, 0.29) is 12.3 Å². The first-order chi connectivity index (χ1) is 13.9. The number of carbonyl (C=O) groups is 2. The number of hydrogen-bond acceptors (Lipinski definition) is 3. The number of rotatable bonds is 4. The van der Waals surface area contributed by atoms with Crippen molar-refractivity contribution in [1.29, 1.82) is 0 Å². The number of Topliss-reactive ketones (excluding diaryl/α,β-unsaturated/α-hetero) is 1. The van der Waals surface area contributed by atoms with E-state index in [0.29, 0.717) is 29.5 Å². The second kappa shape index (κ2) is 7.59. The standard InChI is InChI=1S/C22H19F4NO3/c1-13-18(14-7-5-4-6-8-14)20(29)27(12-30-13)21(2,3)19(28)16-11-15(22(24,25)26)9-10-17(16)23/h4-11H,12H2,1-3H3. The zero-order chi connectivity index (χ0) is 22.3. The molecule has 2 aromatic carbocycles. The van der Waals surface area contributed by atoms with E-state index in [0.717, 1.165) is 4.90 Å². The van der Waals surface area contributed by atoms with Gasteiger partial charge in [-0.1, -0.05) is 30.3 Å². The van der Waals surface area contributed by atoms with Gasteiger partial charge in [-0.3, -0.25) is 14.5 Å². The summed E-state index contributed by atoms with van der Waals surface area (Å²) in [6.07, 6.45) is -4.74. The molecule has 4 nitrogen and oxygen atoms in total. The Hall–Kier alpha value is -3.16. The summed E-state index contributed by atoms with van der Waals surface area (Å²) in [7, 11) is 0. The van der Waals surface area contributed by atoms with Gasteiger partial charge in [-0.2, -0.15) is 13.2 Å². The fraction of sp³-hybridized carbons (Fsp3) is 0.273. The minimum Gasteiger partial charge on any atom is -0.477 e. The van der Waals surface area contributed by atoms with E-state index in [9.17, 15) is 27.2 Å². The Morgan fingerprint density at radius 2 is 1.70 bits per heavy atom. The highest BCUT2D eigenvalue weighted by molar-refractivity contribution is 6.22. The molecule has 2 aromatic rings. The highest BCUT2D eigenvalue weighted by Crippen LogP contribution is 2.34. The molecule has 3 rings (SSSR count). The average Bonchev–Trinajstić information content (AvgIpc) is 2.67. The molecule has 1 amide bonds. The number of amides is 1. The van der Waals surface area contributed by atoms with Crippen LogP contribution in [0.25, 0.3) is 5.57 Å². The first-order valence-corrected chi connectivity index (χ1v) is 9.07. The number of hydrogen-bond donors (Lipinski definition) is 0. The van der Waals surface area contributed by atoms with Crippen LogP contribution in [0.2, 0.25) is 0 Å². The molecule has 1 aliphatic rings. The second-order valence-electron chi connectivity index (χ2n) is 7.38. The van der Waals surface area contributed by atoms with E-state index in [4.69, 9.17) is 4.74 Å². The van der Waals surface area contributed by atoms with Crippen molar-refractivity contribution in [1.82, 2.24) is 4.90 Å². The van der Waals surface area contributed by atoms with Crippen molar-refractivity contribution < 1.29 is 31.9 Å². The molecule has 30 heavy (non-hydrogen) atoms. The van der Waals surface area contributed by atoms with Gasteiger partial charge in [0, 0.05) is 0 Å². The van der Waals surface area contributed by atoms with Crippen molar-refractivity contribution in [2.75, 3.05) is 6.73 Å². The van der Waals surface area contributed by atoms with Crippen LogP contribution >= 0.6 is 0 Å². The second-order valence-corrected chi connectivity index (χ2v) is 7.38. The zero-order valence-electron chi connectivity index (χ0n) is 16.5. The first-order valence-electron chi connectivity index (χ1n) is 9.07. The monoisotopic (exact) mass is 421 g/mol. The molecular formula is C22H19F4NO3. The van der Waals surface area contributed by atoms with Crippen LogP contribution in [-0.2, 0) is 15.7 Å². The van der Waals surface area contributed by atoms with Gasteiger partial charge in [0.1, 0.15) is 17.1 Å². The lowest BCUT2D eigenvalue weighted by Crippen LogP contribution is -2.55. The third kappa shape index (κ3) is 3.81. The quantitative estimate of drug-likeness (QED) is 0.513. The van der Waals surface area contributed by atoms with Crippen LogP contribution < -0.4 is 0 Å². The molecule has 158 valence electrons. The molecule has 0 saturated carbocycles. The van der Waals surface area contributed by atoms with Gasteiger partial charge in [0.15, 0.2) is 12.5 Å². The van der Waals surface area contributed by atoms with Gasteiger partial charge in [-0.15, -0.1) is 0 Å². The number of ketones is 1. The molecule has 1 aliphatic heterocycles. The number of halogens is 4. The minimum atomic E-state index is -4.74. The summed E-state index contributed by atoms with van der Waals surface area (Å²) in [5.74, 6) is -2.23. The minimum absolute atomic E-state index is 0.229. The van der Waals surface area contributed by atoms with E-state index in [1.165, 1.54) is 13.8 Å². The van der Waals surface area contributed by atoms with Crippen LogP contribution in [0.4, 0.5) is 17.6 Å². The van der Waals surface area contributed by atoms with Crippen molar-refractivity contribution >= 4 is 17.3 Å². The summed E-state index contributed by atoms with van der Waals surface area (Å²) in [4.78, 5) is 27.3. The Labute approximate surface area is 170 Å². The lowest BCUT2D eigenvalue weighted by Gasteiger charge is -2.40. The van der Waals surface area contributed by atoms with Crippen molar-refractivity contribution in [2.24, 2.45) is 0 Å². The lowest BCUT2D eigenvalue weighted by molar-refractivity contribution is -0.138. The van der Waals surface area contributed by atoms with E-state index in [1.807, 2.05) is 0 Å². The molecular weight excluding hydrogens is 402 g/mol. The number of alkyl halides is 3. The topological polar surface area (TPSA) is 46.6 Å². The summed E-state index contributed by atoms with van der Waals surface area (Å²) in [5.41, 5.74) is -2.76. The highest BCUT2D eigenvalue weighted by Gasteiger charge is 2.44. The van der Waals surface area contributed by atoms with Crippen molar-refractivity contribution in [2.45, 2.75) is 32.5 Å². The van der Waals surface area contributed by atoms with Crippen molar-refractivity contribution in [3.8, 4) is 0 Å². The Bertz CT molecular complexity index is 1030. The van der Waals surface area contributed by atoms with Crippen LogP contribution in [0.15, 0.2) is 54.3 Å². The summed E-state index contributed by atoms with van der Waals surface area (Å²) >= 11 is 0. The maximum atomic E-state index is 14.3. The van der Waals surface area contributed by atoms with Crippen LogP contribution in [0.3, 0.4) is 0 Å². The SMILES string of the molecule is CC1=C(c2ccccc2)C(=O)N(C(C)(C)C(=O)c2cc(C(F)(F)F)ccc2F)CO1. The Balaban J connectivity index is 2.00. The molecule has 0 unspecified atom stereocenters. The van der Waals surface area contributed by atoms with Gasteiger partial charge in [-0.05, 0) is 44.5 Å². The van der Waals surface area contributed by atoms with Gasteiger partial charge >= 0.3 is 6.18 Å². The van der Waals surface area contributed by atoms with Gasteiger partial charge in [0.2, 0.25) is 0 Å². The lowest BCUT2D eigenvalue weighted by atomic mass is 9.88. The zero-order valence-corrected chi connectivity index (χ0v) is 16.5. The summed E-state index contributed by atoms with van der Waals surface area (Å²) in [6, 6.07) is 10.3. The highest BCUT2D eigenvalue weighted by atomic mass is 19.4. The largest absolute Gasteiger partial charge is 0.477 e. The predicted molar refractivity (Wildman–Crippen MR) is 102 cm³/mol. The van der Waals surface area contributed by atoms with Crippen LogP contribution in [0.5, 0.6) is 0 Å². The van der Waals surface area contributed by atoms with Gasteiger partial charge in [-0.25, -0.2) is 4.39 Å². The molecule has 8 heteroatoms. The molecule has 0 spiro atoms. The van der Waals surface area contributed by atoms with Crippen molar-refractivity contribution in [3.63, 3.8) is 0 Å². The first kappa shape index (κ1) is 21.5. The summed E-state index contributed by atoms with van der Waals surface area (Å²) in [5, 5.41) is 0. The molecule has 0 radical (unpaired) electrons. The molecule has 1 heterocycles. The number of carbonyl (C=O) groups excluding carboxylic acids is 2. The summed E-state index contributed by atoms with van der Waals surface area (Å²) < 4.78 is 58.9. The fourth-order valence-electron chi connectivity index (χ4n) is 3.25. The maximum absolute atomic E-state index is 14.3. The number of allylic oxidation sites excluding steroid dienone is 1. The fourth-order valence-corrected chi connectivity index (χ4v) is 3.25. The van der Waals surface area contributed by atoms with E-state index < -0.39 is 40.3 Å². The van der Waals surface area contributed by atoms with E-state index in [2.05, 4.69) is 0 Å². The molecule has 0 bridgehead atoms. The average molecular weight is 421 g/mol. The normalized spacial score (nSPS) is 15.3. The van der Waals surface area contributed by atoms with Crippen LogP contribution in [0, 0.1) is 5.82 Å². The third-order valence-corrected chi connectivity index (χ3v) is 5.05. The van der Waals surface area contributed by atoms with Gasteiger partial charge in [0.05, 0.1) is 16.7 Å². The molecule has 0 fully saturated rings. The van der Waals surface area contributed by atoms with Crippen LogP contribution in [-0.4, -0.2) is 28.9 Å². The van der Waals surface area contributed by atoms with E-state index in [1.54, 1.807) is 37.3 Å². The predicted octanol–water partition coefficient (Wildman–Crippen LogP) is 5.05. The number of ether oxygens (including phenoxy) is 1. The number of nitrogens with zero attached hydrogens (tertiary/aromatic N) is 1. The molecule has 0 aliphatic carbocycles. The van der Waals surface area contributed by atoms with E-state index >= 15 is 0 Å². The van der Waals surface area contributed by atoms with Crippen molar-refractivity contribution in [3.05, 3.63) is 76.8 Å². The molecule has 0 saturated heterocycles. The molecule has 0 N–H and O–H groups in total. The molecule has 0 aromatic heterocycles. The summed E-state index contributed by atoms with van der Waals surface area (Å²) in [6.45, 7) is 4.01. The Kier molecular flexibility index (Phi) is 5.45. The van der Waals surface area contributed by atoms with Crippen LogP contribution in [0.1, 0.15) is 42.3 Å². The number of benzene rings is 2. The smallest absolute Gasteiger partial charge is 0.416 e. The Morgan fingerprint density at radius 3 is 2.30 bits per heavy atom. The van der Waals surface area contributed by atoms with Gasteiger partial charge in [0.25, 0.3) is 5.91 Å².